The second-order valence-electron chi connectivity index (χ2n) is 5.43. The van der Waals surface area contributed by atoms with Crippen molar-refractivity contribution in [3.8, 4) is 0 Å². The Hall–Kier alpha value is -0.970. The molecular formula is C15H23FN2O. The van der Waals surface area contributed by atoms with Gasteiger partial charge in [0.1, 0.15) is 5.82 Å². The Morgan fingerprint density at radius 1 is 1.32 bits per heavy atom. The molecule has 1 aliphatic carbocycles. The Morgan fingerprint density at radius 3 is 2.74 bits per heavy atom. The standard InChI is InChI=1S/C15H23FN2O/c1-18(4-5-19-11-12-2-3-12)10-14-6-13(9-17)7-15(16)8-14/h6-8,12H,2-5,9-11,17H2,1H3. The number of benzene rings is 1. The van der Waals surface area contributed by atoms with E-state index >= 15 is 0 Å². The quantitative estimate of drug-likeness (QED) is 0.733. The van der Waals surface area contributed by atoms with Crippen molar-refractivity contribution < 1.29 is 9.13 Å². The summed E-state index contributed by atoms with van der Waals surface area (Å²) in [6.45, 7) is 3.59. The molecule has 0 spiro atoms. The van der Waals surface area contributed by atoms with Gasteiger partial charge in [-0.2, -0.15) is 0 Å². The summed E-state index contributed by atoms with van der Waals surface area (Å²) in [7, 11) is 2.02. The maximum atomic E-state index is 13.4. The molecule has 1 saturated carbocycles. The number of halogens is 1. The van der Waals surface area contributed by atoms with Gasteiger partial charge in [-0.05, 0) is 49.1 Å². The fraction of sp³-hybridized carbons (Fsp3) is 0.600. The highest BCUT2D eigenvalue weighted by Crippen LogP contribution is 2.28. The monoisotopic (exact) mass is 266 g/mol. The third-order valence-electron chi connectivity index (χ3n) is 3.37. The Balaban J connectivity index is 1.73. The molecule has 0 atom stereocenters. The molecule has 0 aliphatic heterocycles. The van der Waals surface area contributed by atoms with Crippen molar-refractivity contribution in [3.05, 3.63) is 35.1 Å². The van der Waals surface area contributed by atoms with Gasteiger partial charge in [0.05, 0.1) is 6.61 Å². The minimum Gasteiger partial charge on any atom is -0.380 e. The van der Waals surface area contributed by atoms with Gasteiger partial charge in [-0.3, -0.25) is 4.90 Å². The number of nitrogens with two attached hydrogens (primary N) is 1. The van der Waals surface area contributed by atoms with E-state index < -0.39 is 0 Å². The number of likely N-dealkylation sites (N-methyl/N-ethyl adjacent to an activating group) is 1. The minimum absolute atomic E-state index is 0.212. The summed E-state index contributed by atoms with van der Waals surface area (Å²) < 4.78 is 19.0. The molecule has 2 rings (SSSR count). The molecule has 1 aliphatic rings. The lowest BCUT2D eigenvalue weighted by molar-refractivity contribution is 0.102. The van der Waals surface area contributed by atoms with Gasteiger partial charge in [0, 0.05) is 26.2 Å². The van der Waals surface area contributed by atoms with Crippen LogP contribution in [0, 0.1) is 11.7 Å². The molecule has 0 bridgehead atoms. The van der Waals surface area contributed by atoms with Crippen LogP contribution >= 0.6 is 0 Å². The summed E-state index contributed by atoms with van der Waals surface area (Å²) in [5, 5.41) is 0. The van der Waals surface area contributed by atoms with Crippen molar-refractivity contribution in [2.24, 2.45) is 11.7 Å². The maximum Gasteiger partial charge on any atom is 0.123 e. The van der Waals surface area contributed by atoms with Crippen molar-refractivity contribution >= 4 is 0 Å². The number of rotatable bonds is 8. The average molecular weight is 266 g/mol. The summed E-state index contributed by atoms with van der Waals surface area (Å²) in [5.74, 6) is 0.594. The Morgan fingerprint density at radius 2 is 2.05 bits per heavy atom. The molecule has 1 aromatic rings. The lowest BCUT2D eigenvalue weighted by Crippen LogP contribution is -2.23. The van der Waals surface area contributed by atoms with Gasteiger partial charge < -0.3 is 10.5 Å². The van der Waals surface area contributed by atoms with Crippen LogP contribution in [0.15, 0.2) is 18.2 Å². The molecular weight excluding hydrogens is 243 g/mol. The SMILES string of the molecule is CN(CCOCC1CC1)Cc1cc(F)cc(CN)c1. The molecule has 3 nitrogen and oxygen atoms in total. The van der Waals surface area contributed by atoms with E-state index in [-0.39, 0.29) is 5.82 Å². The summed E-state index contributed by atoms with van der Waals surface area (Å²) in [6, 6.07) is 5.02. The van der Waals surface area contributed by atoms with Crippen LogP contribution in [0.1, 0.15) is 24.0 Å². The lowest BCUT2D eigenvalue weighted by Gasteiger charge is -2.17. The maximum absolute atomic E-state index is 13.4. The highest BCUT2D eigenvalue weighted by molar-refractivity contribution is 5.24. The van der Waals surface area contributed by atoms with Gasteiger partial charge in [-0.15, -0.1) is 0 Å². The van der Waals surface area contributed by atoms with Crippen LogP contribution in [0.2, 0.25) is 0 Å². The predicted molar refractivity (Wildman–Crippen MR) is 74.2 cm³/mol. The van der Waals surface area contributed by atoms with E-state index in [1.807, 2.05) is 13.1 Å². The minimum atomic E-state index is -0.212. The number of ether oxygens (including phenoxy) is 1. The first-order valence-corrected chi connectivity index (χ1v) is 6.92. The molecule has 0 aromatic heterocycles. The highest BCUT2D eigenvalue weighted by Gasteiger charge is 2.20. The molecule has 19 heavy (non-hydrogen) atoms. The Labute approximate surface area is 114 Å². The van der Waals surface area contributed by atoms with Crippen molar-refractivity contribution in [3.63, 3.8) is 0 Å². The molecule has 1 aromatic carbocycles. The fourth-order valence-electron chi connectivity index (χ4n) is 2.07. The third-order valence-corrected chi connectivity index (χ3v) is 3.37. The van der Waals surface area contributed by atoms with Gasteiger partial charge >= 0.3 is 0 Å². The first kappa shape index (κ1) is 14.4. The normalized spacial score (nSPS) is 15.2. The van der Waals surface area contributed by atoms with Crippen LogP contribution in [-0.4, -0.2) is 31.7 Å². The zero-order chi connectivity index (χ0) is 13.7. The molecule has 0 radical (unpaired) electrons. The van der Waals surface area contributed by atoms with Gasteiger partial charge in [0.2, 0.25) is 0 Å². The lowest BCUT2D eigenvalue weighted by atomic mass is 10.1. The highest BCUT2D eigenvalue weighted by atomic mass is 19.1. The Bertz CT molecular complexity index is 407. The Kier molecular flexibility index (Phi) is 5.31. The van der Waals surface area contributed by atoms with Crippen molar-refractivity contribution in [1.29, 1.82) is 0 Å². The van der Waals surface area contributed by atoms with E-state index in [1.165, 1.54) is 18.9 Å². The van der Waals surface area contributed by atoms with Crippen LogP contribution in [-0.2, 0) is 17.8 Å². The number of hydrogen-bond donors (Lipinski definition) is 1. The largest absolute Gasteiger partial charge is 0.380 e. The number of nitrogens with zero attached hydrogens (tertiary/aromatic N) is 1. The van der Waals surface area contributed by atoms with Gasteiger partial charge in [-0.1, -0.05) is 6.07 Å². The van der Waals surface area contributed by atoms with Crippen LogP contribution in [0.3, 0.4) is 0 Å². The molecule has 106 valence electrons. The first-order valence-electron chi connectivity index (χ1n) is 6.92. The van der Waals surface area contributed by atoms with E-state index in [9.17, 15) is 4.39 Å². The van der Waals surface area contributed by atoms with Crippen LogP contribution < -0.4 is 5.73 Å². The molecule has 2 N–H and O–H groups in total. The van der Waals surface area contributed by atoms with E-state index in [0.717, 1.165) is 43.3 Å². The van der Waals surface area contributed by atoms with E-state index in [0.29, 0.717) is 6.54 Å². The first-order chi connectivity index (χ1) is 9.17. The van der Waals surface area contributed by atoms with E-state index in [2.05, 4.69) is 4.90 Å². The summed E-state index contributed by atoms with van der Waals surface area (Å²) in [4.78, 5) is 2.14. The zero-order valence-electron chi connectivity index (χ0n) is 11.6. The molecule has 0 heterocycles. The van der Waals surface area contributed by atoms with Gasteiger partial charge in [-0.25, -0.2) is 4.39 Å². The summed E-state index contributed by atoms with van der Waals surface area (Å²) in [6.07, 6.45) is 2.64. The smallest absolute Gasteiger partial charge is 0.123 e. The van der Waals surface area contributed by atoms with Crippen LogP contribution in [0.4, 0.5) is 4.39 Å². The topological polar surface area (TPSA) is 38.5 Å². The van der Waals surface area contributed by atoms with Gasteiger partial charge in [0.25, 0.3) is 0 Å². The third kappa shape index (κ3) is 5.27. The summed E-state index contributed by atoms with van der Waals surface area (Å²) >= 11 is 0. The summed E-state index contributed by atoms with van der Waals surface area (Å²) in [5.41, 5.74) is 7.35. The molecule has 4 heteroatoms. The van der Waals surface area contributed by atoms with E-state index in [1.54, 1.807) is 6.07 Å². The van der Waals surface area contributed by atoms with Crippen molar-refractivity contribution in [2.75, 3.05) is 26.8 Å². The fourth-order valence-corrected chi connectivity index (χ4v) is 2.07. The van der Waals surface area contributed by atoms with Crippen LogP contribution in [0.25, 0.3) is 0 Å². The second-order valence-corrected chi connectivity index (χ2v) is 5.43. The predicted octanol–water partition coefficient (Wildman–Crippen LogP) is 2.14. The molecule has 0 saturated heterocycles. The van der Waals surface area contributed by atoms with Crippen molar-refractivity contribution in [2.45, 2.75) is 25.9 Å². The van der Waals surface area contributed by atoms with Crippen molar-refractivity contribution in [1.82, 2.24) is 4.90 Å². The molecule has 0 unspecified atom stereocenters. The van der Waals surface area contributed by atoms with E-state index in [4.69, 9.17) is 10.5 Å². The molecule has 1 fully saturated rings. The number of hydrogen-bond acceptors (Lipinski definition) is 3. The zero-order valence-corrected chi connectivity index (χ0v) is 11.6. The molecule has 0 amide bonds. The second kappa shape index (κ2) is 6.98. The average Bonchev–Trinajstić information content (AvgIpc) is 3.18. The van der Waals surface area contributed by atoms with Crippen LogP contribution in [0.5, 0.6) is 0 Å². The van der Waals surface area contributed by atoms with Gasteiger partial charge in [0.15, 0.2) is 0 Å².